The fourth-order valence-corrected chi connectivity index (χ4v) is 1.70. The third kappa shape index (κ3) is 1.79. The Balaban J connectivity index is 2.78. The number of ether oxygens (including phenoxy) is 1. The van der Waals surface area contributed by atoms with E-state index in [0.717, 1.165) is 0 Å². The van der Waals surface area contributed by atoms with Gasteiger partial charge < -0.3 is 9.84 Å². The fraction of sp³-hybridized carbons (Fsp3) is 0.0909. The van der Waals surface area contributed by atoms with Crippen LogP contribution >= 0.6 is 11.6 Å². The van der Waals surface area contributed by atoms with Crippen molar-refractivity contribution in [3.8, 4) is 5.75 Å². The summed E-state index contributed by atoms with van der Waals surface area (Å²) in [5.41, 5.74) is -0.0508. The van der Waals surface area contributed by atoms with Gasteiger partial charge in [0, 0.05) is 5.39 Å². The Morgan fingerprint density at radius 3 is 2.81 bits per heavy atom. The first-order valence-electron chi connectivity index (χ1n) is 4.49. The second-order valence-corrected chi connectivity index (χ2v) is 3.57. The van der Waals surface area contributed by atoms with Crippen LogP contribution in [0.5, 0.6) is 5.75 Å². The molecule has 0 bridgehead atoms. The van der Waals surface area contributed by atoms with E-state index in [4.69, 9.17) is 21.4 Å². The maximum absolute atomic E-state index is 11.0. The quantitative estimate of drug-likeness (QED) is 0.816. The van der Waals surface area contributed by atoms with E-state index in [1.54, 1.807) is 31.4 Å². The van der Waals surface area contributed by atoms with Crippen molar-refractivity contribution in [2.75, 3.05) is 7.11 Å². The number of halogens is 1. The molecule has 0 saturated carbocycles. The highest BCUT2D eigenvalue weighted by Gasteiger charge is 2.12. The summed E-state index contributed by atoms with van der Waals surface area (Å²) in [5.74, 6) is -0.455. The number of methoxy groups -OCH3 is 1. The van der Waals surface area contributed by atoms with Crippen molar-refractivity contribution in [2.24, 2.45) is 0 Å². The Kier molecular flexibility index (Phi) is 2.66. The van der Waals surface area contributed by atoms with E-state index in [2.05, 4.69) is 4.98 Å². The molecule has 0 radical (unpaired) electrons. The molecule has 0 unspecified atom stereocenters. The Bertz CT molecular complexity index is 568. The summed E-state index contributed by atoms with van der Waals surface area (Å²) < 4.78 is 5.05. The van der Waals surface area contributed by atoms with Crippen molar-refractivity contribution in [3.05, 3.63) is 35.1 Å². The predicted molar refractivity (Wildman–Crippen MR) is 60.3 cm³/mol. The van der Waals surface area contributed by atoms with E-state index in [1.807, 2.05) is 0 Å². The van der Waals surface area contributed by atoms with Crippen LogP contribution in [0.25, 0.3) is 10.8 Å². The number of carbonyl (C=O) groups is 1. The first-order chi connectivity index (χ1) is 7.61. The molecule has 0 aliphatic heterocycles. The standard InChI is InChI=1S/C11H8ClNO3/c1-16-7-2-3-8-6(4-7)5-9(12)13-10(8)11(14)15/h2-5H,1H3,(H,14,15). The number of benzene rings is 1. The number of fused-ring (bicyclic) bond motifs is 1. The lowest BCUT2D eigenvalue weighted by Gasteiger charge is -2.05. The average Bonchev–Trinajstić information content (AvgIpc) is 2.26. The van der Waals surface area contributed by atoms with E-state index in [9.17, 15) is 4.79 Å². The van der Waals surface area contributed by atoms with Gasteiger partial charge in [0.2, 0.25) is 0 Å². The van der Waals surface area contributed by atoms with E-state index >= 15 is 0 Å². The van der Waals surface area contributed by atoms with Crippen molar-refractivity contribution < 1.29 is 14.6 Å². The Labute approximate surface area is 96.4 Å². The van der Waals surface area contributed by atoms with Crippen molar-refractivity contribution in [1.82, 2.24) is 4.98 Å². The predicted octanol–water partition coefficient (Wildman–Crippen LogP) is 2.60. The SMILES string of the molecule is COc1ccc2c(C(=O)O)nc(Cl)cc2c1. The topological polar surface area (TPSA) is 59.4 Å². The number of pyridine rings is 1. The second kappa shape index (κ2) is 3.98. The van der Waals surface area contributed by atoms with E-state index in [0.29, 0.717) is 16.5 Å². The van der Waals surface area contributed by atoms with Gasteiger partial charge in [0.05, 0.1) is 7.11 Å². The molecule has 0 fully saturated rings. The highest BCUT2D eigenvalue weighted by Crippen LogP contribution is 2.25. The Morgan fingerprint density at radius 1 is 1.44 bits per heavy atom. The molecule has 0 aliphatic carbocycles. The molecular formula is C11H8ClNO3. The lowest BCUT2D eigenvalue weighted by molar-refractivity contribution is 0.0693. The largest absolute Gasteiger partial charge is 0.497 e. The monoisotopic (exact) mass is 237 g/mol. The van der Waals surface area contributed by atoms with Crippen LogP contribution in [0, 0.1) is 0 Å². The van der Waals surface area contributed by atoms with Gasteiger partial charge in [-0.1, -0.05) is 11.6 Å². The Morgan fingerprint density at radius 2 is 2.19 bits per heavy atom. The van der Waals surface area contributed by atoms with Gasteiger partial charge in [0.1, 0.15) is 10.9 Å². The van der Waals surface area contributed by atoms with Crippen LogP contribution in [0.2, 0.25) is 5.15 Å². The zero-order chi connectivity index (χ0) is 11.7. The summed E-state index contributed by atoms with van der Waals surface area (Å²) in [6.07, 6.45) is 0. The highest BCUT2D eigenvalue weighted by atomic mass is 35.5. The maximum Gasteiger partial charge on any atom is 0.355 e. The molecule has 1 aromatic carbocycles. The van der Waals surface area contributed by atoms with Gasteiger partial charge in [-0.2, -0.15) is 0 Å². The first kappa shape index (κ1) is 10.7. The molecule has 2 rings (SSSR count). The van der Waals surface area contributed by atoms with Gasteiger partial charge in [0.15, 0.2) is 5.69 Å². The fourth-order valence-electron chi connectivity index (χ4n) is 1.49. The lowest BCUT2D eigenvalue weighted by Crippen LogP contribution is -2.01. The highest BCUT2D eigenvalue weighted by molar-refractivity contribution is 6.30. The molecule has 0 spiro atoms. The molecule has 82 valence electrons. The maximum atomic E-state index is 11.0. The van der Waals surface area contributed by atoms with Crippen molar-refractivity contribution >= 4 is 28.3 Å². The van der Waals surface area contributed by atoms with Gasteiger partial charge >= 0.3 is 5.97 Å². The smallest absolute Gasteiger partial charge is 0.355 e. The van der Waals surface area contributed by atoms with Crippen LogP contribution in [0.4, 0.5) is 0 Å². The molecular weight excluding hydrogens is 230 g/mol. The van der Waals surface area contributed by atoms with Crippen LogP contribution in [0.3, 0.4) is 0 Å². The summed E-state index contributed by atoms with van der Waals surface area (Å²) in [7, 11) is 1.54. The minimum atomic E-state index is -1.10. The number of carboxylic acid groups (broad SMARTS) is 1. The first-order valence-corrected chi connectivity index (χ1v) is 4.87. The van der Waals surface area contributed by atoms with Crippen LogP contribution in [-0.2, 0) is 0 Å². The molecule has 5 heteroatoms. The minimum absolute atomic E-state index is 0.0508. The van der Waals surface area contributed by atoms with Gasteiger partial charge in [-0.05, 0) is 29.7 Å². The molecule has 4 nitrogen and oxygen atoms in total. The number of aromatic carboxylic acids is 1. The molecule has 0 aliphatic rings. The van der Waals surface area contributed by atoms with Gasteiger partial charge in [0.25, 0.3) is 0 Å². The van der Waals surface area contributed by atoms with E-state index < -0.39 is 5.97 Å². The number of hydrogen-bond acceptors (Lipinski definition) is 3. The lowest BCUT2D eigenvalue weighted by atomic mass is 10.1. The van der Waals surface area contributed by atoms with E-state index in [1.165, 1.54) is 0 Å². The number of nitrogens with zero attached hydrogens (tertiary/aromatic N) is 1. The van der Waals surface area contributed by atoms with Gasteiger partial charge in [-0.3, -0.25) is 0 Å². The van der Waals surface area contributed by atoms with Crippen molar-refractivity contribution in [2.45, 2.75) is 0 Å². The molecule has 1 N–H and O–H groups in total. The molecule has 1 heterocycles. The van der Waals surface area contributed by atoms with Crippen LogP contribution in [-0.4, -0.2) is 23.2 Å². The number of rotatable bonds is 2. The summed E-state index contributed by atoms with van der Waals surface area (Å²) >= 11 is 5.75. The summed E-state index contributed by atoms with van der Waals surface area (Å²) in [4.78, 5) is 14.8. The zero-order valence-corrected chi connectivity index (χ0v) is 9.15. The van der Waals surface area contributed by atoms with Gasteiger partial charge in [-0.25, -0.2) is 9.78 Å². The molecule has 0 amide bonds. The number of hydrogen-bond donors (Lipinski definition) is 1. The second-order valence-electron chi connectivity index (χ2n) is 3.19. The third-order valence-electron chi connectivity index (χ3n) is 2.21. The molecule has 1 aromatic heterocycles. The minimum Gasteiger partial charge on any atom is -0.497 e. The summed E-state index contributed by atoms with van der Waals surface area (Å²) in [5, 5.41) is 10.4. The summed E-state index contributed by atoms with van der Waals surface area (Å²) in [6, 6.07) is 6.66. The average molecular weight is 238 g/mol. The van der Waals surface area contributed by atoms with Crippen LogP contribution in [0.1, 0.15) is 10.5 Å². The molecule has 2 aromatic rings. The number of aromatic nitrogens is 1. The molecule has 0 atom stereocenters. The third-order valence-corrected chi connectivity index (χ3v) is 2.40. The molecule has 16 heavy (non-hydrogen) atoms. The van der Waals surface area contributed by atoms with Crippen molar-refractivity contribution in [3.63, 3.8) is 0 Å². The van der Waals surface area contributed by atoms with Crippen molar-refractivity contribution in [1.29, 1.82) is 0 Å². The molecule has 0 saturated heterocycles. The number of carboxylic acids is 1. The zero-order valence-electron chi connectivity index (χ0n) is 8.40. The van der Waals surface area contributed by atoms with Crippen LogP contribution in [0.15, 0.2) is 24.3 Å². The Hall–Kier alpha value is -1.81. The van der Waals surface area contributed by atoms with Gasteiger partial charge in [-0.15, -0.1) is 0 Å². The summed E-state index contributed by atoms with van der Waals surface area (Å²) in [6.45, 7) is 0. The van der Waals surface area contributed by atoms with E-state index in [-0.39, 0.29) is 10.8 Å². The normalized spacial score (nSPS) is 10.4. The van der Waals surface area contributed by atoms with Crippen LogP contribution < -0.4 is 4.74 Å².